The zero-order valence-electron chi connectivity index (χ0n) is 9.89. The molecule has 0 atom stereocenters. The summed E-state index contributed by atoms with van der Waals surface area (Å²) in [5.41, 5.74) is 6.74. The van der Waals surface area contributed by atoms with Crippen LogP contribution in [0, 0.1) is 0 Å². The van der Waals surface area contributed by atoms with Gasteiger partial charge in [0.25, 0.3) is 0 Å². The van der Waals surface area contributed by atoms with Gasteiger partial charge in [-0.1, -0.05) is 0 Å². The highest BCUT2D eigenvalue weighted by atomic mass is 32.1. The molecule has 0 bridgehead atoms. The normalized spacial score (nSPS) is 10.9. The molecule has 98 valence electrons. The lowest BCUT2D eigenvalue weighted by atomic mass is 10.5. The average molecular weight is 277 g/mol. The number of carbonyl (C=O) groups excluding carboxylic acids is 1. The number of hydrogen-bond acceptors (Lipinski definition) is 6. The Kier molecular flexibility index (Phi) is 2.92. The minimum absolute atomic E-state index is 0.0411. The average Bonchev–Trinajstić information content (AvgIpc) is 3.02. The molecular formula is C11H11N5O2S. The highest BCUT2D eigenvalue weighted by Crippen LogP contribution is 2.12. The van der Waals surface area contributed by atoms with E-state index in [1.165, 1.54) is 22.2 Å². The molecule has 3 aromatic rings. The first-order valence-corrected chi connectivity index (χ1v) is 6.43. The van der Waals surface area contributed by atoms with Crippen molar-refractivity contribution in [2.75, 3.05) is 5.73 Å². The van der Waals surface area contributed by atoms with Crippen LogP contribution in [-0.4, -0.2) is 25.1 Å². The number of fused-ring (bicyclic) bond motifs is 1. The molecule has 0 aliphatic heterocycles. The Morgan fingerprint density at radius 2 is 2.37 bits per heavy atom. The minimum atomic E-state index is -0.376. The predicted molar refractivity (Wildman–Crippen MR) is 69.5 cm³/mol. The summed E-state index contributed by atoms with van der Waals surface area (Å²) in [5.74, 6) is -0.376. The topological polar surface area (TPSA) is 87.4 Å². The van der Waals surface area contributed by atoms with E-state index in [-0.39, 0.29) is 19.1 Å². The molecule has 0 radical (unpaired) electrons. The summed E-state index contributed by atoms with van der Waals surface area (Å²) in [7, 11) is 0. The fraction of sp³-hybridized carbons (Fsp3) is 0.182. The summed E-state index contributed by atoms with van der Waals surface area (Å²) < 4.78 is 8.45. The van der Waals surface area contributed by atoms with E-state index in [0.29, 0.717) is 5.69 Å². The number of hydrogen-bond donors (Lipinski definition) is 1. The van der Waals surface area contributed by atoms with Crippen LogP contribution >= 0.6 is 11.3 Å². The first kappa shape index (κ1) is 11.7. The van der Waals surface area contributed by atoms with Crippen LogP contribution in [0.15, 0.2) is 30.2 Å². The van der Waals surface area contributed by atoms with Crippen molar-refractivity contribution in [3.05, 3.63) is 35.9 Å². The van der Waals surface area contributed by atoms with Crippen LogP contribution in [0.25, 0.3) is 4.96 Å². The summed E-state index contributed by atoms with van der Waals surface area (Å²) in [6.45, 7) is 0.198. The van der Waals surface area contributed by atoms with E-state index in [1.807, 2.05) is 22.2 Å². The summed E-state index contributed by atoms with van der Waals surface area (Å²) >= 11 is 1.53. The third-order valence-electron chi connectivity index (χ3n) is 2.47. The SMILES string of the molecule is Nc1cnn(CC(=O)OCc2cn3ccsc3n2)c1. The van der Waals surface area contributed by atoms with Gasteiger partial charge >= 0.3 is 5.97 Å². The number of rotatable bonds is 4. The smallest absolute Gasteiger partial charge is 0.328 e. The van der Waals surface area contributed by atoms with Gasteiger partial charge in [-0.05, 0) is 0 Å². The van der Waals surface area contributed by atoms with Gasteiger partial charge in [-0.3, -0.25) is 13.9 Å². The van der Waals surface area contributed by atoms with Crippen LogP contribution in [0.1, 0.15) is 5.69 Å². The maximum atomic E-state index is 11.6. The van der Waals surface area contributed by atoms with Crippen molar-refractivity contribution in [3.63, 3.8) is 0 Å². The second-order valence-corrected chi connectivity index (χ2v) is 4.83. The van der Waals surface area contributed by atoms with Gasteiger partial charge in [0.1, 0.15) is 13.2 Å². The van der Waals surface area contributed by atoms with Crippen molar-refractivity contribution in [1.29, 1.82) is 0 Å². The molecule has 2 N–H and O–H groups in total. The molecule has 3 aromatic heterocycles. The molecule has 0 saturated carbocycles. The van der Waals surface area contributed by atoms with Gasteiger partial charge in [-0.15, -0.1) is 11.3 Å². The minimum Gasteiger partial charge on any atom is -0.458 e. The maximum Gasteiger partial charge on any atom is 0.328 e. The standard InChI is InChI=1S/C11H11N5O2S/c12-8-3-13-16(4-8)6-10(17)18-7-9-5-15-1-2-19-11(15)14-9/h1-5H,6-7,12H2. The van der Waals surface area contributed by atoms with Gasteiger partial charge in [0.15, 0.2) is 4.96 Å². The summed E-state index contributed by atoms with van der Waals surface area (Å²) in [4.78, 5) is 16.8. The van der Waals surface area contributed by atoms with E-state index in [9.17, 15) is 4.79 Å². The largest absolute Gasteiger partial charge is 0.458 e. The summed E-state index contributed by atoms with van der Waals surface area (Å²) in [6, 6.07) is 0. The monoisotopic (exact) mass is 277 g/mol. The third kappa shape index (κ3) is 2.58. The lowest BCUT2D eigenvalue weighted by Gasteiger charge is -2.02. The van der Waals surface area contributed by atoms with Gasteiger partial charge in [0, 0.05) is 24.0 Å². The van der Waals surface area contributed by atoms with E-state index in [4.69, 9.17) is 10.5 Å². The molecule has 0 aliphatic carbocycles. The van der Waals surface area contributed by atoms with Gasteiger partial charge in [0.05, 0.1) is 17.6 Å². The van der Waals surface area contributed by atoms with Crippen molar-refractivity contribution in [2.24, 2.45) is 0 Å². The zero-order valence-corrected chi connectivity index (χ0v) is 10.7. The molecule has 3 rings (SSSR count). The Labute approximate surface area is 112 Å². The number of anilines is 1. The van der Waals surface area contributed by atoms with Gasteiger partial charge in [-0.2, -0.15) is 5.10 Å². The van der Waals surface area contributed by atoms with Gasteiger partial charge in [-0.25, -0.2) is 4.98 Å². The number of carbonyl (C=O) groups is 1. The second-order valence-electron chi connectivity index (χ2n) is 3.96. The quantitative estimate of drug-likeness (QED) is 0.716. The molecule has 0 saturated heterocycles. The Balaban J connectivity index is 1.57. The van der Waals surface area contributed by atoms with Gasteiger partial charge < -0.3 is 10.5 Å². The summed E-state index contributed by atoms with van der Waals surface area (Å²) in [6.07, 6.45) is 6.81. The molecule has 8 heteroatoms. The second kappa shape index (κ2) is 4.73. The molecule has 0 aromatic carbocycles. The fourth-order valence-corrected chi connectivity index (χ4v) is 2.36. The Bertz CT molecular complexity index is 685. The van der Waals surface area contributed by atoms with Crippen molar-refractivity contribution >= 4 is 28.0 Å². The highest BCUT2D eigenvalue weighted by Gasteiger charge is 2.08. The number of esters is 1. The predicted octanol–water partition coefficient (Wildman–Crippen LogP) is 0.918. The van der Waals surface area contributed by atoms with Crippen LogP contribution in [-0.2, 0) is 22.7 Å². The van der Waals surface area contributed by atoms with Crippen molar-refractivity contribution < 1.29 is 9.53 Å². The molecule has 0 aliphatic rings. The first-order chi connectivity index (χ1) is 9.20. The Morgan fingerprint density at radius 3 is 3.11 bits per heavy atom. The highest BCUT2D eigenvalue weighted by molar-refractivity contribution is 7.15. The van der Waals surface area contributed by atoms with Crippen molar-refractivity contribution in [3.8, 4) is 0 Å². The fourth-order valence-electron chi connectivity index (χ4n) is 1.64. The van der Waals surface area contributed by atoms with E-state index < -0.39 is 0 Å². The van der Waals surface area contributed by atoms with Crippen molar-refractivity contribution in [2.45, 2.75) is 13.2 Å². The number of imidazole rings is 1. The van der Waals surface area contributed by atoms with Crippen LogP contribution in [0.4, 0.5) is 5.69 Å². The summed E-state index contributed by atoms with van der Waals surface area (Å²) in [5, 5.41) is 5.85. The van der Waals surface area contributed by atoms with Crippen molar-refractivity contribution in [1.82, 2.24) is 19.2 Å². The maximum absolute atomic E-state index is 11.6. The van der Waals surface area contributed by atoms with Gasteiger partial charge in [0.2, 0.25) is 0 Å². The number of aromatic nitrogens is 4. The van der Waals surface area contributed by atoms with E-state index in [0.717, 1.165) is 10.7 Å². The Morgan fingerprint density at radius 1 is 1.47 bits per heavy atom. The molecule has 7 nitrogen and oxygen atoms in total. The third-order valence-corrected chi connectivity index (χ3v) is 3.24. The van der Waals surface area contributed by atoms with Crippen LogP contribution in [0.2, 0.25) is 0 Å². The zero-order chi connectivity index (χ0) is 13.2. The number of thiazole rings is 1. The molecule has 0 fully saturated rings. The van der Waals surface area contributed by atoms with E-state index in [1.54, 1.807) is 6.20 Å². The number of nitrogens with two attached hydrogens (primary N) is 1. The lowest BCUT2D eigenvalue weighted by molar-refractivity contribution is -0.146. The first-order valence-electron chi connectivity index (χ1n) is 5.55. The van der Waals surface area contributed by atoms with Crippen LogP contribution in [0.5, 0.6) is 0 Å². The molecular weight excluding hydrogens is 266 g/mol. The Hall–Kier alpha value is -2.35. The van der Waals surface area contributed by atoms with Crippen LogP contribution < -0.4 is 5.73 Å². The van der Waals surface area contributed by atoms with E-state index in [2.05, 4.69) is 10.1 Å². The number of nitrogens with zero attached hydrogens (tertiary/aromatic N) is 4. The van der Waals surface area contributed by atoms with E-state index >= 15 is 0 Å². The molecule has 0 spiro atoms. The molecule has 19 heavy (non-hydrogen) atoms. The number of ether oxygens (including phenoxy) is 1. The number of nitrogen functional groups attached to an aromatic ring is 1. The lowest BCUT2D eigenvalue weighted by Crippen LogP contribution is -2.13. The van der Waals surface area contributed by atoms with Crippen LogP contribution in [0.3, 0.4) is 0 Å². The molecule has 0 amide bonds. The molecule has 3 heterocycles. The molecule has 0 unspecified atom stereocenters.